The first-order valence-corrected chi connectivity index (χ1v) is 12.2. The molecule has 0 radical (unpaired) electrons. The lowest BCUT2D eigenvalue weighted by atomic mass is 9.83. The molecule has 1 amide bonds. The SMILES string of the molecule is CCCCN1C(=O)CC[C@H](C(=O)OCc2cc(=O)oc3cc(OC)ccc23)[C@@H]1c1ccccc1OC. The minimum Gasteiger partial charge on any atom is -0.497 e. The molecule has 1 aromatic heterocycles. The molecule has 8 nitrogen and oxygen atoms in total. The Morgan fingerprint density at radius 3 is 2.64 bits per heavy atom. The van der Waals surface area contributed by atoms with Crippen molar-refractivity contribution in [3.63, 3.8) is 0 Å². The van der Waals surface area contributed by atoms with Crippen LogP contribution in [-0.4, -0.2) is 37.5 Å². The number of carbonyl (C=O) groups excluding carboxylic acids is 2. The fourth-order valence-electron chi connectivity index (χ4n) is 4.80. The number of esters is 1. The number of para-hydroxylation sites is 1. The monoisotopic (exact) mass is 493 g/mol. The van der Waals surface area contributed by atoms with Crippen molar-refractivity contribution in [3.05, 3.63) is 70.1 Å². The number of nitrogens with zero attached hydrogens (tertiary/aromatic N) is 1. The Kier molecular flexibility index (Phi) is 7.93. The number of carbonyl (C=O) groups is 2. The lowest BCUT2D eigenvalue weighted by molar-refractivity contribution is -0.158. The maximum Gasteiger partial charge on any atom is 0.336 e. The maximum absolute atomic E-state index is 13.5. The zero-order valence-electron chi connectivity index (χ0n) is 20.8. The zero-order chi connectivity index (χ0) is 25.7. The van der Waals surface area contributed by atoms with Gasteiger partial charge in [0.25, 0.3) is 0 Å². The topological polar surface area (TPSA) is 95.3 Å². The third-order valence-corrected chi connectivity index (χ3v) is 6.63. The van der Waals surface area contributed by atoms with E-state index < -0.39 is 23.6 Å². The molecule has 0 bridgehead atoms. The van der Waals surface area contributed by atoms with Gasteiger partial charge in [0.05, 0.1) is 26.2 Å². The Hall–Kier alpha value is -3.81. The Balaban J connectivity index is 1.63. The van der Waals surface area contributed by atoms with E-state index in [2.05, 4.69) is 6.92 Å². The second-order valence-corrected chi connectivity index (χ2v) is 8.83. The van der Waals surface area contributed by atoms with Crippen LogP contribution in [-0.2, 0) is 20.9 Å². The number of hydrogen-bond acceptors (Lipinski definition) is 7. The van der Waals surface area contributed by atoms with Gasteiger partial charge in [-0.1, -0.05) is 31.5 Å². The number of amides is 1. The summed E-state index contributed by atoms with van der Waals surface area (Å²) < 4.78 is 21.9. The van der Waals surface area contributed by atoms with Crippen molar-refractivity contribution in [2.24, 2.45) is 5.92 Å². The van der Waals surface area contributed by atoms with Gasteiger partial charge >= 0.3 is 11.6 Å². The lowest BCUT2D eigenvalue weighted by Crippen LogP contribution is -2.46. The minimum atomic E-state index is -0.567. The largest absolute Gasteiger partial charge is 0.497 e. The molecule has 8 heteroatoms. The Labute approximate surface area is 209 Å². The third-order valence-electron chi connectivity index (χ3n) is 6.63. The first kappa shape index (κ1) is 25.3. The van der Waals surface area contributed by atoms with Crippen molar-refractivity contribution in [1.29, 1.82) is 0 Å². The summed E-state index contributed by atoms with van der Waals surface area (Å²) in [5.41, 5.74) is 1.14. The molecule has 0 spiro atoms. The Morgan fingerprint density at radius 2 is 1.89 bits per heavy atom. The number of methoxy groups -OCH3 is 2. The van der Waals surface area contributed by atoms with E-state index in [9.17, 15) is 14.4 Å². The molecule has 2 heterocycles. The highest BCUT2D eigenvalue weighted by Gasteiger charge is 2.42. The van der Waals surface area contributed by atoms with Crippen LogP contribution in [0.3, 0.4) is 0 Å². The summed E-state index contributed by atoms with van der Waals surface area (Å²) >= 11 is 0. The molecule has 190 valence electrons. The molecule has 36 heavy (non-hydrogen) atoms. The first-order chi connectivity index (χ1) is 17.5. The molecule has 4 rings (SSSR count). The van der Waals surface area contributed by atoms with Gasteiger partial charge in [-0.2, -0.15) is 0 Å². The van der Waals surface area contributed by atoms with Crippen molar-refractivity contribution >= 4 is 22.8 Å². The number of ether oxygens (including phenoxy) is 3. The summed E-state index contributed by atoms with van der Waals surface area (Å²) in [6, 6.07) is 13.4. The normalized spacial score (nSPS) is 17.8. The van der Waals surface area contributed by atoms with Gasteiger partial charge in [0.15, 0.2) is 0 Å². The summed E-state index contributed by atoms with van der Waals surface area (Å²) in [4.78, 5) is 40.3. The second-order valence-electron chi connectivity index (χ2n) is 8.83. The van der Waals surface area contributed by atoms with Crippen LogP contribution < -0.4 is 15.1 Å². The van der Waals surface area contributed by atoms with Crippen LogP contribution in [0.2, 0.25) is 0 Å². The van der Waals surface area contributed by atoms with Crippen molar-refractivity contribution in [2.75, 3.05) is 20.8 Å². The van der Waals surface area contributed by atoms with Crippen LogP contribution >= 0.6 is 0 Å². The van der Waals surface area contributed by atoms with Crippen LogP contribution in [0, 0.1) is 5.92 Å². The first-order valence-electron chi connectivity index (χ1n) is 12.2. The van der Waals surface area contributed by atoms with E-state index in [0.717, 1.165) is 18.4 Å². The molecule has 0 N–H and O–H groups in total. The molecule has 1 aliphatic rings. The van der Waals surface area contributed by atoms with E-state index >= 15 is 0 Å². The van der Waals surface area contributed by atoms with E-state index in [1.807, 2.05) is 24.3 Å². The molecule has 1 aliphatic heterocycles. The number of rotatable bonds is 9. The van der Waals surface area contributed by atoms with Crippen molar-refractivity contribution in [1.82, 2.24) is 4.90 Å². The highest BCUT2D eigenvalue weighted by Crippen LogP contribution is 2.41. The highest BCUT2D eigenvalue weighted by molar-refractivity contribution is 5.84. The fraction of sp³-hybridized carbons (Fsp3) is 0.393. The Bertz CT molecular complexity index is 1300. The van der Waals surface area contributed by atoms with Gasteiger partial charge in [-0.15, -0.1) is 0 Å². The summed E-state index contributed by atoms with van der Waals surface area (Å²) in [5, 5.41) is 0.660. The lowest BCUT2D eigenvalue weighted by Gasteiger charge is -2.41. The average molecular weight is 494 g/mol. The van der Waals surface area contributed by atoms with Crippen molar-refractivity contribution in [3.8, 4) is 11.5 Å². The predicted octanol–water partition coefficient (Wildman–Crippen LogP) is 4.63. The van der Waals surface area contributed by atoms with Gasteiger partial charge < -0.3 is 23.5 Å². The number of likely N-dealkylation sites (tertiary alicyclic amines) is 1. The molecule has 0 unspecified atom stereocenters. The van der Waals surface area contributed by atoms with Crippen LogP contribution in [0.25, 0.3) is 11.0 Å². The number of benzene rings is 2. The molecular weight excluding hydrogens is 462 g/mol. The van der Waals surface area contributed by atoms with E-state index in [-0.39, 0.29) is 18.9 Å². The number of piperidine rings is 1. The average Bonchev–Trinajstić information content (AvgIpc) is 2.90. The van der Waals surface area contributed by atoms with Crippen LogP contribution in [0.5, 0.6) is 11.5 Å². The van der Waals surface area contributed by atoms with Gasteiger partial charge in [0, 0.05) is 41.6 Å². The summed E-state index contributed by atoms with van der Waals surface area (Å²) in [6.07, 6.45) is 2.39. The zero-order valence-corrected chi connectivity index (χ0v) is 20.8. The van der Waals surface area contributed by atoms with E-state index in [4.69, 9.17) is 18.6 Å². The van der Waals surface area contributed by atoms with Crippen molar-refractivity contribution < 1.29 is 28.2 Å². The van der Waals surface area contributed by atoms with Gasteiger partial charge in [0.1, 0.15) is 23.7 Å². The maximum atomic E-state index is 13.5. The minimum absolute atomic E-state index is 0.0176. The highest BCUT2D eigenvalue weighted by atomic mass is 16.5. The Morgan fingerprint density at radius 1 is 1.08 bits per heavy atom. The standard InChI is InChI=1S/C28H31NO7/c1-4-5-14-29-25(30)13-12-22(27(29)21-8-6-7-9-23(21)34-3)28(32)35-17-18-15-26(31)36-24-16-19(33-2)10-11-20(18)24/h6-11,15-16,22,27H,4-5,12-14,17H2,1-3H3/t22-,27-/m0/s1. The van der Waals surface area contributed by atoms with Crippen LogP contribution in [0.4, 0.5) is 0 Å². The molecule has 3 aromatic rings. The molecular formula is C28H31NO7. The molecule has 2 atom stereocenters. The third kappa shape index (κ3) is 5.22. The molecule has 1 fully saturated rings. The summed E-state index contributed by atoms with van der Waals surface area (Å²) in [7, 11) is 3.11. The van der Waals surface area contributed by atoms with Gasteiger partial charge in [0.2, 0.25) is 5.91 Å². The van der Waals surface area contributed by atoms with E-state index in [1.54, 1.807) is 30.2 Å². The van der Waals surface area contributed by atoms with E-state index in [1.165, 1.54) is 13.2 Å². The molecule has 2 aromatic carbocycles. The van der Waals surface area contributed by atoms with Crippen molar-refractivity contribution in [2.45, 2.75) is 45.3 Å². The summed E-state index contributed by atoms with van der Waals surface area (Å²) in [6.45, 7) is 2.52. The molecule has 1 saturated heterocycles. The van der Waals surface area contributed by atoms with Gasteiger partial charge in [-0.05, 0) is 31.0 Å². The molecule has 0 aliphatic carbocycles. The van der Waals surface area contributed by atoms with E-state index in [0.29, 0.717) is 41.0 Å². The predicted molar refractivity (Wildman–Crippen MR) is 134 cm³/mol. The number of fused-ring (bicyclic) bond motifs is 1. The van der Waals surface area contributed by atoms with Crippen LogP contribution in [0.1, 0.15) is 49.8 Å². The van der Waals surface area contributed by atoms with Crippen LogP contribution in [0.15, 0.2) is 57.7 Å². The summed E-state index contributed by atoms with van der Waals surface area (Å²) in [5.74, 6) is 0.205. The van der Waals surface area contributed by atoms with Gasteiger partial charge in [-0.25, -0.2) is 4.79 Å². The fourth-order valence-corrected chi connectivity index (χ4v) is 4.80. The second kappa shape index (κ2) is 11.3. The van der Waals surface area contributed by atoms with Gasteiger partial charge in [-0.3, -0.25) is 9.59 Å². The molecule has 0 saturated carbocycles. The smallest absolute Gasteiger partial charge is 0.336 e. The quantitative estimate of drug-likeness (QED) is 0.317. The number of unbranched alkanes of at least 4 members (excludes halogenated alkanes) is 1. The number of hydrogen-bond donors (Lipinski definition) is 0.